The van der Waals surface area contributed by atoms with Gasteiger partial charge in [0.15, 0.2) is 0 Å². The molecule has 0 aliphatic carbocycles. The zero-order valence-corrected chi connectivity index (χ0v) is 23.4. The third-order valence-corrected chi connectivity index (χ3v) is 6.44. The second-order valence-corrected chi connectivity index (χ2v) is 10.4. The topological polar surface area (TPSA) is 110 Å². The fourth-order valence-corrected chi connectivity index (χ4v) is 4.00. The van der Waals surface area contributed by atoms with E-state index in [9.17, 15) is 14.4 Å². The third-order valence-electron chi connectivity index (χ3n) is 6.44. The highest BCUT2D eigenvalue weighted by Crippen LogP contribution is 2.21. The molecule has 0 fully saturated rings. The van der Waals surface area contributed by atoms with E-state index < -0.39 is 5.41 Å². The van der Waals surface area contributed by atoms with Gasteiger partial charge in [0, 0.05) is 36.3 Å². The van der Waals surface area contributed by atoms with Crippen molar-refractivity contribution in [2.75, 3.05) is 42.9 Å². The van der Waals surface area contributed by atoms with E-state index in [1.807, 2.05) is 23.1 Å². The minimum Gasteiger partial charge on any atom is -0.356 e. The molecule has 9 heteroatoms. The summed E-state index contributed by atoms with van der Waals surface area (Å²) in [5.74, 6) is 2.44. The second kappa shape index (κ2) is 13.1. The van der Waals surface area contributed by atoms with E-state index >= 15 is 0 Å². The first-order valence-electron chi connectivity index (χ1n) is 13.2. The van der Waals surface area contributed by atoms with Gasteiger partial charge in [-0.1, -0.05) is 46.6 Å². The number of amides is 2. The zero-order valence-electron chi connectivity index (χ0n) is 23.4. The van der Waals surface area contributed by atoms with Crippen LogP contribution in [0, 0.1) is 17.8 Å². The Hall–Kier alpha value is -4.16. The predicted octanol–water partition coefficient (Wildman–Crippen LogP) is 3.62. The number of H-pyrrole nitrogens is 1. The van der Waals surface area contributed by atoms with Gasteiger partial charge in [-0.2, -0.15) is 0 Å². The van der Waals surface area contributed by atoms with Crippen molar-refractivity contribution in [2.24, 2.45) is 5.41 Å². The first-order valence-corrected chi connectivity index (χ1v) is 13.2. The van der Waals surface area contributed by atoms with Gasteiger partial charge in [0.05, 0.1) is 17.4 Å². The Balaban J connectivity index is 1.73. The SMILES string of the molecule is C#CCN(Cc1ccc2nc(NC(=O)C(C)(C)C)[nH]c(=O)c2c1)c1ccc(C(=O)NCCN(CC)CC)cc1. The summed E-state index contributed by atoms with van der Waals surface area (Å²) in [7, 11) is 0. The molecule has 3 aromatic rings. The van der Waals surface area contributed by atoms with Gasteiger partial charge in [-0.05, 0) is 55.1 Å². The van der Waals surface area contributed by atoms with Crippen molar-refractivity contribution in [3.8, 4) is 12.3 Å². The van der Waals surface area contributed by atoms with Gasteiger partial charge < -0.3 is 15.1 Å². The summed E-state index contributed by atoms with van der Waals surface area (Å²) < 4.78 is 0. The summed E-state index contributed by atoms with van der Waals surface area (Å²) in [6, 6.07) is 12.7. The molecule has 2 amide bonds. The molecule has 3 N–H and O–H groups in total. The van der Waals surface area contributed by atoms with Crippen molar-refractivity contribution in [1.82, 2.24) is 20.2 Å². The monoisotopic (exact) mass is 530 g/mol. The van der Waals surface area contributed by atoms with Gasteiger partial charge in [-0.3, -0.25) is 24.7 Å². The summed E-state index contributed by atoms with van der Waals surface area (Å²) in [5.41, 5.74) is 1.83. The molecule has 39 heavy (non-hydrogen) atoms. The van der Waals surface area contributed by atoms with Gasteiger partial charge >= 0.3 is 0 Å². The van der Waals surface area contributed by atoms with E-state index in [1.165, 1.54) is 0 Å². The number of nitrogens with zero attached hydrogens (tertiary/aromatic N) is 3. The van der Waals surface area contributed by atoms with Crippen LogP contribution in [0.5, 0.6) is 0 Å². The largest absolute Gasteiger partial charge is 0.356 e. The molecule has 0 atom stereocenters. The second-order valence-electron chi connectivity index (χ2n) is 10.4. The lowest BCUT2D eigenvalue weighted by Crippen LogP contribution is -2.34. The number of benzene rings is 2. The number of likely N-dealkylation sites (N-methyl/N-ethyl adjacent to an activating group) is 1. The Morgan fingerprint density at radius 2 is 1.77 bits per heavy atom. The Morgan fingerprint density at radius 1 is 1.08 bits per heavy atom. The molecule has 1 heterocycles. The van der Waals surface area contributed by atoms with Gasteiger partial charge in [0.25, 0.3) is 11.5 Å². The van der Waals surface area contributed by atoms with E-state index in [2.05, 4.69) is 45.3 Å². The van der Waals surface area contributed by atoms with Crippen LogP contribution in [0.25, 0.3) is 10.9 Å². The van der Waals surface area contributed by atoms with Crippen LogP contribution in [0.3, 0.4) is 0 Å². The number of nitrogens with one attached hydrogen (secondary N) is 3. The number of aromatic amines is 1. The maximum Gasteiger partial charge on any atom is 0.260 e. The van der Waals surface area contributed by atoms with Crippen LogP contribution in [0.15, 0.2) is 47.3 Å². The molecule has 3 rings (SSSR count). The van der Waals surface area contributed by atoms with Crippen LogP contribution in [0.4, 0.5) is 11.6 Å². The quantitative estimate of drug-likeness (QED) is 0.327. The first kappa shape index (κ1) is 29.4. The van der Waals surface area contributed by atoms with Crippen molar-refractivity contribution >= 4 is 34.4 Å². The lowest BCUT2D eigenvalue weighted by molar-refractivity contribution is -0.123. The summed E-state index contributed by atoms with van der Waals surface area (Å²) >= 11 is 0. The van der Waals surface area contributed by atoms with Crippen LogP contribution in [-0.2, 0) is 11.3 Å². The van der Waals surface area contributed by atoms with Crippen LogP contribution >= 0.6 is 0 Å². The summed E-state index contributed by atoms with van der Waals surface area (Å²) in [6.07, 6.45) is 5.64. The predicted molar refractivity (Wildman–Crippen MR) is 157 cm³/mol. The molecule has 0 aliphatic rings. The molecule has 9 nitrogen and oxygen atoms in total. The number of carbonyl (C=O) groups excluding carboxylic acids is 2. The van der Waals surface area contributed by atoms with E-state index in [0.717, 1.165) is 30.9 Å². The van der Waals surface area contributed by atoms with Gasteiger partial charge in [-0.15, -0.1) is 6.42 Å². The van der Waals surface area contributed by atoms with Crippen LogP contribution in [0.1, 0.15) is 50.5 Å². The average molecular weight is 531 g/mol. The van der Waals surface area contributed by atoms with Crippen molar-refractivity contribution in [2.45, 2.75) is 41.2 Å². The highest BCUT2D eigenvalue weighted by molar-refractivity contribution is 5.95. The van der Waals surface area contributed by atoms with Crippen LogP contribution in [0.2, 0.25) is 0 Å². The van der Waals surface area contributed by atoms with Crippen LogP contribution in [-0.4, -0.2) is 59.4 Å². The van der Waals surface area contributed by atoms with Crippen molar-refractivity contribution in [3.63, 3.8) is 0 Å². The Morgan fingerprint density at radius 3 is 2.38 bits per heavy atom. The molecule has 0 bridgehead atoms. The Labute approximate surface area is 230 Å². The average Bonchev–Trinajstić information content (AvgIpc) is 2.90. The normalized spacial score (nSPS) is 11.3. The minimum atomic E-state index is -0.620. The molecule has 0 spiro atoms. The Kier molecular flexibility index (Phi) is 9.85. The zero-order chi connectivity index (χ0) is 28.6. The maximum atomic E-state index is 12.8. The van der Waals surface area contributed by atoms with Crippen molar-refractivity contribution in [3.05, 3.63) is 63.9 Å². The molecule has 0 aliphatic heterocycles. The fraction of sp³-hybridized carbons (Fsp3) is 0.400. The van der Waals surface area contributed by atoms with E-state index in [0.29, 0.717) is 36.1 Å². The van der Waals surface area contributed by atoms with Gasteiger partial charge in [0.2, 0.25) is 11.9 Å². The van der Waals surface area contributed by atoms with E-state index in [1.54, 1.807) is 45.0 Å². The van der Waals surface area contributed by atoms with E-state index in [-0.39, 0.29) is 23.3 Å². The van der Waals surface area contributed by atoms with Crippen LogP contribution < -0.4 is 21.1 Å². The van der Waals surface area contributed by atoms with Crippen molar-refractivity contribution in [1.29, 1.82) is 0 Å². The number of carbonyl (C=O) groups is 2. The highest BCUT2D eigenvalue weighted by Gasteiger charge is 2.22. The minimum absolute atomic E-state index is 0.114. The molecule has 1 aromatic heterocycles. The Bertz CT molecular complexity index is 1400. The molecule has 2 aromatic carbocycles. The molecular formula is C30H38N6O3. The summed E-state index contributed by atoms with van der Waals surface area (Å²) in [5, 5.41) is 6.05. The molecule has 0 radical (unpaired) electrons. The number of anilines is 2. The summed E-state index contributed by atoms with van der Waals surface area (Å²) in [6.45, 7) is 13.7. The lowest BCUT2D eigenvalue weighted by Gasteiger charge is -2.23. The third kappa shape index (κ3) is 7.91. The van der Waals surface area contributed by atoms with Gasteiger partial charge in [-0.25, -0.2) is 4.98 Å². The van der Waals surface area contributed by atoms with E-state index in [4.69, 9.17) is 6.42 Å². The standard InChI is InChI=1S/C30H38N6O3/c1-7-17-36(23-13-11-22(12-14-23)26(37)31-16-18-35(8-2)9-3)20-21-10-15-25-24(19-21)27(38)33-29(32-25)34-28(39)30(4,5)6/h1,10-15,19H,8-9,16-18,20H2,2-6H3,(H,31,37)(H2,32,33,34,38,39). The molecule has 0 saturated carbocycles. The number of hydrogen-bond acceptors (Lipinski definition) is 6. The number of aromatic nitrogens is 2. The first-order chi connectivity index (χ1) is 18.5. The summed E-state index contributed by atoms with van der Waals surface area (Å²) in [4.78, 5) is 48.9. The molecule has 0 unspecified atom stereocenters. The number of terminal acetylenes is 1. The van der Waals surface area contributed by atoms with Crippen molar-refractivity contribution < 1.29 is 9.59 Å². The van der Waals surface area contributed by atoms with Gasteiger partial charge in [0.1, 0.15) is 0 Å². The number of fused-ring (bicyclic) bond motifs is 1. The smallest absolute Gasteiger partial charge is 0.260 e. The molecule has 0 saturated heterocycles. The number of hydrogen-bond donors (Lipinski definition) is 3. The number of rotatable bonds is 11. The highest BCUT2D eigenvalue weighted by atomic mass is 16.2. The molecular weight excluding hydrogens is 492 g/mol. The lowest BCUT2D eigenvalue weighted by atomic mass is 9.96. The molecule has 206 valence electrons. The fourth-order valence-electron chi connectivity index (χ4n) is 4.00. The maximum absolute atomic E-state index is 12.8.